The Morgan fingerprint density at radius 3 is 1.80 bits per heavy atom. The molecule has 17 aromatic rings. The number of aromatic nitrogens is 2. The van der Waals surface area contributed by atoms with Crippen LogP contribution in [0.3, 0.4) is 0 Å². The number of thiophene rings is 2. The first-order valence-electron chi connectivity index (χ1n) is 29.1. The molecule has 0 spiro atoms. The van der Waals surface area contributed by atoms with Gasteiger partial charge in [0.1, 0.15) is 17.2 Å². The zero-order chi connectivity index (χ0) is 57.8. The van der Waals surface area contributed by atoms with E-state index >= 15 is 0 Å². The SMILES string of the molecule is [2H]c1c([2H])c([2H])c(-c2cc3c4ccccc4sc3c3c2c2ccc4c5ccccc5sc4c2n3-c2c(C#N)c(-c3ccccc3)c([N+]#[C-])c(-n3c4ccccc4c4c(-c5ccc6oc7ccccc7c6c5)cccc43)c2-c2ccccc2)c([2H])c1[2H]. The second-order valence-electron chi connectivity index (χ2n) is 20.4. The maximum absolute atomic E-state index is 12.5. The molecule has 5 aromatic heterocycles. The van der Waals surface area contributed by atoms with Crippen molar-refractivity contribution in [1.82, 2.24) is 9.13 Å². The molecule has 0 radical (unpaired) electrons. The molecule has 0 bridgehead atoms. The van der Waals surface area contributed by atoms with E-state index in [2.05, 4.69) is 123 Å². The number of furan rings is 1. The topological polar surface area (TPSA) is 51.1 Å². The average Bonchev–Trinajstić information content (AvgIpc) is 1.51. The summed E-state index contributed by atoms with van der Waals surface area (Å²) in [7, 11) is 0. The van der Waals surface area contributed by atoms with E-state index in [1.165, 1.54) is 0 Å². The van der Waals surface area contributed by atoms with Gasteiger partial charge in [-0.1, -0.05) is 194 Å². The van der Waals surface area contributed by atoms with E-state index in [1.807, 2.05) is 109 Å². The van der Waals surface area contributed by atoms with Crippen molar-refractivity contribution in [2.45, 2.75) is 0 Å². The summed E-state index contributed by atoms with van der Waals surface area (Å²) in [5.74, 6) is 0. The van der Waals surface area contributed by atoms with Crippen LogP contribution < -0.4 is 0 Å². The lowest BCUT2D eigenvalue weighted by Crippen LogP contribution is -2.09. The molecular weight excluding hydrogens is 1020 g/mol. The number of nitrogens with zero attached hydrogens (tertiary/aromatic N) is 4. The zero-order valence-electron chi connectivity index (χ0n) is 47.7. The van der Waals surface area contributed by atoms with Gasteiger partial charge in [-0.05, 0) is 81.9 Å². The Morgan fingerprint density at radius 2 is 1.06 bits per heavy atom. The van der Waals surface area contributed by atoms with Crippen LogP contribution in [0.25, 0.3) is 167 Å². The first-order valence-corrected chi connectivity index (χ1v) is 28.2. The van der Waals surface area contributed by atoms with E-state index in [9.17, 15) is 14.6 Å². The van der Waals surface area contributed by atoms with Gasteiger partial charge >= 0.3 is 0 Å². The molecule has 81 heavy (non-hydrogen) atoms. The second kappa shape index (κ2) is 17.5. The van der Waals surface area contributed by atoms with Gasteiger partial charge < -0.3 is 13.6 Å². The predicted octanol–water partition coefficient (Wildman–Crippen LogP) is 21.6. The lowest BCUT2D eigenvalue weighted by atomic mass is 9.88. The third-order valence-corrected chi connectivity index (χ3v) is 18.6. The van der Waals surface area contributed by atoms with Gasteiger partial charge in [-0.25, -0.2) is 4.85 Å². The van der Waals surface area contributed by atoms with Crippen LogP contribution in [0.1, 0.15) is 12.4 Å². The number of rotatable bonds is 6. The molecule has 0 aliphatic carbocycles. The summed E-state index contributed by atoms with van der Waals surface area (Å²) in [5, 5.41) is 21.7. The Bertz CT molecular complexity index is 5910. The first-order chi connectivity index (χ1) is 42.2. The van der Waals surface area contributed by atoms with Gasteiger partial charge in [0.15, 0.2) is 0 Å². The van der Waals surface area contributed by atoms with E-state index in [4.69, 9.17) is 8.53 Å². The maximum Gasteiger partial charge on any atom is 0.220 e. The third kappa shape index (κ3) is 6.45. The first kappa shape index (κ1) is 40.6. The fourth-order valence-electron chi connectivity index (χ4n) is 13.0. The van der Waals surface area contributed by atoms with Crippen LogP contribution in [0.5, 0.6) is 0 Å². The lowest BCUT2D eigenvalue weighted by Gasteiger charge is -2.26. The highest BCUT2D eigenvalue weighted by Crippen LogP contribution is 2.56. The smallest absolute Gasteiger partial charge is 0.220 e. The average molecular weight is 1070 g/mol. The highest BCUT2D eigenvalue weighted by molar-refractivity contribution is 7.27. The van der Waals surface area contributed by atoms with Crippen molar-refractivity contribution in [2.75, 3.05) is 0 Å². The van der Waals surface area contributed by atoms with E-state index in [-0.39, 0.29) is 28.9 Å². The number of para-hydroxylation sites is 2. The molecule has 12 aromatic carbocycles. The van der Waals surface area contributed by atoms with Crippen LogP contribution in [-0.4, -0.2) is 9.13 Å². The van der Waals surface area contributed by atoms with E-state index in [1.54, 1.807) is 22.7 Å². The third-order valence-electron chi connectivity index (χ3n) is 16.3. The van der Waals surface area contributed by atoms with Gasteiger partial charge in [-0.3, -0.25) is 0 Å². The summed E-state index contributed by atoms with van der Waals surface area (Å²) in [6, 6.07) is 72.6. The van der Waals surface area contributed by atoms with Crippen LogP contribution in [0.4, 0.5) is 5.69 Å². The second-order valence-corrected chi connectivity index (χ2v) is 22.5. The molecule has 0 atom stereocenters. The summed E-state index contributed by atoms with van der Waals surface area (Å²) >= 11 is 3.27. The van der Waals surface area contributed by atoms with Crippen molar-refractivity contribution in [3.05, 3.63) is 260 Å². The quantitative estimate of drug-likeness (QED) is 0.156. The van der Waals surface area contributed by atoms with Crippen molar-refractivity contribution in [2.24, 2.45) is 0 Å². The van der Waals surface area contributed by atoms with Gasteiger partial charge in [0.2, 0.25) is 5.69 Å². The molecule has 0 N–H and O–H groups in total. The minimum Gasteiger partial charge on any atom is -0.456 e. The number of hydrogen-bond acceptors (Lipinski definition) is 4. The summed E-state index contributed by atoms with van der Waals surface area (Å²) < 4.78 is 61.0. The van der Waals surface area contributed by atoms with E-state index in [0.29, 0.717) is 44.5 Å². The normalized spacial score (nSPS) is 12.8. The van der Waals surface area contributed by atoms with Crippen LogP contribution in [0, 0.1) is 17.9 Å². The molecular formula is C74H40N4OS2. The molecule has 0 fully saturated rings. The van der Waals surface area contributed by atoms with Crippen molar-refractivity contribution in [1.29, 1.82) is 5.26 Å². The molecule has 0 unspecified atom stereocenters. The van der Waals surface area contributed by atoms with Crippen LogP contribution in [-0.2, 0) is 0 Å². The van der Waals surface area contributed by atoms with Crippen molar-refractivity contribution >= 4 is 134 Å². The number of nitriles is 1. The van der Waals surface area contributed by atoms with Crippen LogP contribution in [0.15, 0.2) is 247 Å². The monoisotopic (exact) mass is 1070 g/mol. The number of hydrogen-bond donors (Lipinski definition) is 0. The highest BCUT2D eigenvalue weighted by Gasteiger charge is 2.34. The van der Waals surface area contributed by atoms with E-state index in [0.717, 1.165) is 112 Å². The van der Waals surface area contributed by atoms with Crippen molar-refractivity contribution in [3.63, 3.8) is 0 Å². The van der Waals surface area contributed by atoms with Crippen molar-refractivity contribution in [3.8, 4) is 62.0 Å². The van der Waals surface area contributed by atoms with Crippen molar-refractivity contribution < 1.29 is 11.3 Å². The highest BCUT2D eigenvalue weighted by atomic mass is 32.1. The lowest BCUT2D eigenvalue weighted by molar-refractivity contribution is 0.669. The Labute approximate surface area is 478 Å². The molecule has 7 heteroatoms. The molecule has 0 amide bonds. The van der Waals surface area contributed by atoms with Gasteiger partial charge in [-0.2, -0.15) is 5.26 Å². The largest absolute Gasteiger partial charge is 0.456 e. The summed E-state index contributed by atoms with van der Waals surface area (Å²) in [4.78, 5) is 4.62. The zero-order valence-corrected chi connectivity index (χ0v) is 44.4. The Balaban J connectivity index is 1.14. The van der Waals surface area contributed by atoms with Gasteiger partial charge in [-0.15, -0.1) is 22.7 Å². The van der Waals surface area contributed by atoms with Gasteiger partial charge in [0.05, 0.1) is 61.8 Å². The van der Waals surface area contributed by atoms with Gasteiger partial charge in [0.25, 0.3) is 0 Å². The Morgan fingerprint density at radius 1 is 0.444 bits per heavy atom. The molecule has 5 nitrogen and oxygen atoms in total. The van der Waals surface area contributed by atoms with E-state index < -0.39 is 18.1 Å². The summed E-state index contributed by atoms with van der Waals surface area (Å²) in [5.41, 5.74) is 11.5. The summed E-state index contributed by atoms with van der Waals surface area (Å²) in [6.07, 6.45) is 0. The maximum atomic E-state index is 12.5. The Hall–Kier alpha value is -10.5. The minimum absolute atomic E-state index is 0.0765. The van der Waals surface area contributed by atoms with Crippen LogP contribution in [0.2, 0.25) is 0 Å². The molecule has 0 aliphatic heterocycles. The predicted molar refractivity (Wildman–Crippen MR) is 341 cm³/mol. The number of benzene rings is 12. The molecule has 17 rings (SSSR count). The molecule has 0 saturated heterocycles. The molecule has 5 heterocycles. The fraction of sp³-hybridized carbons (Fsp3) is 0. The molecule has 374 valence electrons. The van der Waals surface area contributed by atoms with Gasteiger partial charge in [0, 0.05) is 74.4 Å². The standard InChI is InChI=1S/C74H40N4OS2/c1-76-68-64(44-22-7-3-8-23-44)57(42-75)69(78-70-53(38-37-51-49-27-13-17-34-62(49)80-73(51)70)67-54(43-20-5-2-6-21-43)41-56-50-28-14-18-35-63(50)81-74(56)72(67)78)65(45-24-9-4-10-25-45)71(68)77-58-31-15-11-29-52(58)66-47(30-19-32-59(66)77)46-36-39-61-55(40-46)48-26-12-16-33-60(48)79-61/h2-41H/i2D,5D,6D,20D,21D. The molecule has 0 aliphatic rings. The Kier molecular flexibility index (Phi) is 8.77. The number of fused-ring (bicyclic) bond motifs is 17. The molecule has 0 saturated carbocycles. The summed E-state index contributed by atoms with van der Waals surface area (Å²) in [6.45, 7) is 9.60. The van der Waals surface area contributed by atoms with Crippen LogP contribution >= 0.6 is 22.7 Å². The fourth-order valence-corrected chi connectivity index (χ4v) is 15.4. The minimum atomic E-state index is -0.478.